The van der Waals surface area contributed by atoms with Crippen LogP contribution in [0, 0.1) is 5.82 Å². The zero-order valence-electron chi connectivity index (χ0n) is 9.86. The lowest BCUT2D eigenvalue weighted by Gasteiger charge is -2.06. The maximum atomic E-state index is 12.4. The highest BCUT2D eigenvalue weighted by atomic mass is 19.1. The molecule has 0 saturated heterocycles. The number of halogens is 1. The average molecular weight is 225 g/mol. The quantitative estimate of drug-likeness (QED) is 0.775. The molecule has 1 aromatic carbocycles. The van der Waals surface area contributed by atoms with Gasteiger partial charge in [0.05, 0.1) is 6.10 Å². The molecule has 0 aliphatic rings. The van der Waals surface area contributed by atoms with Crippen molar-refractivity contribution in [2.75, 3.05) is 6.54 Å². The highest BCUT2D eigenvalue weighted by molar-refractivity contribution is 5.16. The summed E-state index contributed by atoms with van der Waals surface area (Å²) in [5, 5.41) is 9.16. The van der Waals surface area contributed by atoms with E-state index in [-0.39, 0.29) is 12.4 Å². The molecule has 1 aromatic rings. The lowest BCUT2D eigenvalue weighted by molar-refractivity contribution is 0.183. The van der Waals surface area contributed by atoms with Gasteiger partial charge in [-0.3, -0.25) is 0 Å². The Balaban J connectivity index is 0.000000487. The second kappa shape index (κ2) is 9.07. The van der Waals surface area contributed by atoms with Gasteiger partial charge in [-0.2, -0.15) is 0 Å². The maximum absolute atomic E-state index is 12.4. The van der Waals surface area contributed by atoms with Crippen molar-refractivity contribution in [1.82, 2.24) is 0 Å². The Kier molecular flexibility index (Phi) is 8.39. The van der Waals surface area contributed by atoms with Gasteiger partial charge in [-0.05, 0) is 38.0 Å². The van der Waals surface area contributed by atoms with Gasteiger partial charge in [0.25, 0.3) is 0 Å². The predicted molar refractivity (Wildman–Crippen MR) is 65.7 cm³/mol. The molecule has 0 saturated carbocycles. The summed E-state index contributed by atoms with van der Waals surface area (Å²) in [4.78, 5) is 0. The normalized spacial score (nSPS) is 12.1. The van der Waals surface area contributed by atoms with E-state index in [0.29, 0.717) is 6.42 Å². The fourth-order valence-corrected chi connectivity index (χ4v) is 0.976. The molecule has 0 amide bonds. The number of aliphatic hydroxyl groups excluding tert-OH is 1. The molecule has 1 rings (SSSR count). The minimum Gasteiger partial charge on any atom is -0.391 e. The number of hydrogen-bond acceptors (Lipinski definition) is 2. The van der Waals surface area contributed by atoms with Crippen LogP contribution in [0.2, 0.25) is 0 Å². The van der Waals surface area contributed by atoms with Gasteiger partial charge in [0, 0.05) is 6.54 Å². The SMILES string of the molecule is C/C=C\C.NCC(O)Cc1ccc(F)cc1. The van der Waals surface area contributed by atoms with Gasteiger partial charge in [-0.25, -0.2) is 4.39 Å². The zero-order valence-corrected chi connectivity index (χ0v) is 9.86. The molecule has 0 fully saturated rings. The minimum atomic E-state index is -0.532. The monoisotopic (exact) mass is 225 g/mol. The second-order valence-electron chi connectivity index (χ2n) is 3.39. The van der Waals surface area contributed by atoms with Gasteiger partial charge in [0.15, 0.2) is 0 Å². The minimum absolute atomic E-state index is 0.234. The fourth-order valence-electron chi connectivity index (χ4n) is 0.976. The number of nitrogens with two attached hydrogens (primary N) is 1. The van der Waals surface area contributed by atoms with Crippen LogP contribution in [0.25, 0.3) is 0 Å². The van der Waals surface area contributed by atoms with E-state index in [4.69, 9.17) is 10.8 Å². The molecule has 1 atom stereocenters. The largest absolute Gasteiger partial charge is 0.391 e. The van der Waals surface area contributed by atoms with Gasteiger partial charge < -0.3 is 10.8 Å². The summed E-state index contributed by atoms with van der Waals surface area (Å²) in [6.45, 7) is 4.23. The predicted octanol–water partition coefficient (Wildman–Crippen LogP) is 2.27. The summed E-state index contributed by atoms with van der Waals surface area (Å²) < 4.78 is 12.4. The number of benzene rings is 1. The first-order valence-corrected chi connectivity index (χ1v) is 5.33. The molecule has 0 spiro atoms. The summed E-state index contributed by atoms with van der Waals surface area (Å²) in [5.74, 6) is -0.263. The summed E-state index contributed by atoms with van der Waals surface area (Å²) in [5.41, 5.74) is 6.12. The van der Waals surface area contributed by atoms with Crippen LogP contribution in [0.5, 0.6) is 0 Å². The second-order valence-corrected chi connectivity index (χ2v) is 3.39. The molecule has 0 aromatic heterocycles. The Morgan fingerprint density at radius 2 is 1.75 bits per heavy atom. The molecule has 0 radical (unpaired) electrons. The van der Waals surface area contributed by atoms with Gasteiger partial charge >= 0.3 is 0 Å². The van der Waals surface area contributed by atoms with E-state index in [2.05, 4.69) is 0 Å². The molecule has 1 unspecified atom stereocenters. The summed E-state index contributed by atoms with van der Waals surface area (Å²) in [6, 6.07) is 6.04. The van der Waals surface area contributed by atoms with E-state index in [1.807, 2.05) is 26.0 Å². The molecular formula is C13H20FNO. The maximum Gasteiger partial charge on any atom is 0.123 e. The molecule has 3 heteroatoms. The van der Waals surface area contributed by atoms with E-state index >= 15 is 0 Å². The van der Waals surface area contributed by atoms with E-state index in [1.165, 1.54) is 12.1 Å². The third-order valence-corrected chi connectivity index (χ3v) is 1.99. The van der Waals surface area contributed by atoms with Crippen LogP contribution in [0.4, 0.5) is 4.39 Å². The first-order chi connectivity index (χ1) is 7.63. The van der Waals surface area contributed by atoms with Gasteiger partial charge in [-0.1, -0.05) is 24.3 Å². The van der Waals surface area contributed by atoms with Gasteiger partial charge in [-0.15, -0.1) is 0 Å². The Morgan fingerprint density at radius 1 is 1.25 bits per heavy atom. The number of aliphatic hydroxyl groups is 1. The number of allylic oxidation sites excluding steroid dienone is 2. The Bertz CT molecular complexity index is 291. The van der Waals surface area contributed by atoms with Crippen LogP contribution in [-0.4, -0.2) is 17.8 Å². The van der Waals surface area contributed by atoms with Crippen molar-refractivity contribution < 1.29 is 9.50 Å². The van der Waals surface area contributed by atoms with Crippen molar-refractivity contribution >= 4 is 0 Å². The van der Waals surface area contributed by atoms with Crippen molar-refractivity contribution in [3.63, 3.8) is 0 Å². The van der Waals surface area contributed by atoms with Crippen molar-refractivity contribution in [3.8, 4) is 0 Å². The summed E-state index contributed by atoms with van der Waals surface area (Å²) in [6.07, 6.45) is 3.95. The standard InChI is InChI=1S/C9H12FNO.C4H8/c10-8-3-1-7(2-4-8)5-9(12)6-11;1-3-4-2/h1-4,9,12H,5-6,11H2;3-4H,1-2H3/b;4-3-. The van der Waals surface area contributed by atoms with Crippen molar-refractivity contribution in [1.29, 1.82) is 0 Å². The molecule has 0 aliphatic heterocycles. The zero-order chi connectivity index (χ0) is 12.4. The third-order valence-electron chi connectivity index (χ3n) is 1.99. The first kappa shape index (κ1) is 14.8. The molecular weight excluding hydrogens is 205 g/mol. The molecule has 16 heavy (non-hydrogen) atoms. The Labute approximate surface area is 96.6 Å². The van der Waals surface area contributed by atoms with E-state index in [0.717, 1.165) is 5.56 Å². The van der Waals surface area contributed by atoms with Crippen LogP contribution < -0.4 is 5.73 Å². The van der Waals surface area contributed by atoms with Crippen LogP contribution in [0.15, 0.2) is 36.4 Å². The van der Waals surface area contributed by atoms with E-state index in [9.17, 15) is 4.39 Å². The van der Waals surface area contributed by atoms with E-state index < -0.39 is 6.10 Å². The fraction of sp³-hybridized carbons (Fsp3) is 0.385. The third kappa shape index (κ3) is 7.15. The summed E-state index contributed by atoms with van der Waals surface area (Å²) in [7, 11) is 0. The topological polar surface area (TPSA) is 46.2 Å². The molecule has 0 aliphatic carbocycles. The van der Waals surface area contributed by atoms with Crippen molar-refractivity contribution in [2.24, 2.45) is 5.73 Å². The highest BCUT2D eigenvalue weighted by Crippen LogP contribution is 2.04. The first-order valence-electron chi connectivity index (χ1n) is 5.33. The highest BCUT2D eigenvalue weighted by Gasteiger charge is 2.02. The molecule has 0 bridgehead atoms. The van der Waals surface area contributed by atoms with Crippen molar-refractivity contribution in [2.45, 2.75) is 26.4 Å². The average Bonchev–Trinajstić information content (AvgIpc) is 2.32. The van der Waals surface area contributed by atoms with Crippen LogP contribution in [0.3, 0.4) is 0 Å². The van der Waals surface area contributed by atoms with Gasteiger partial charge in [0.1, 0.15) is 5.82 Å². The Hall–Kier alpha value is -1.19. The Morgan fingerprint density at radius 3 is 2.12 bits per heavy atom. The summed E-state index contributed by atoms with van der Waals surface area (Å²) >= 11 is 0. The smallest absolute Gasteiger partial charge is 0.123 e. The van der Waals surface area contributed by atoms with Crippen LogP contribution in [0.1, 0.15) is 19.4 Å². The van der Waals surface area contributed by atoms with E-state index in [1.54, 1.807) is 12.1 Å². The molecule has 2 nitrogen and oxygen atoms in total. The molecule has 90 valence electrons. The lowest BCUT2D eigenvalue weighted by Crippen LogP contribution is -2.21. The molecule has 3 N–H and O–H groups in total. The number of hydrogen-bond donors (Lipinski definition) is 2. The van der Waals surface area contributed by atoms with Crippen LogP contribution >= 0.6 is 0 Å². The van der Waals surface area contributed by atoms with Crippen LogP contribution in [-0.2, 0) is 6.42 Å². The number of rotatable bonds is 3. The molecule has 0 heterocycles. The van der Waals surface area contributed by atoms with Gasteiger partial charge in [0.2, 0.25) is 0 Å². The lowest BCUT2D eigenvalue weighted by atomic mass is 10.1. The van der Waals surface area contributed by atoms with Crippen molar-refractivity contribution in [3.05, 3.63) is 47.8 Å².